The second-order valence-electron chi connectivity index (χ2n) is 10.4. The zero-order chi connectivity index (χ0) is 26.2. The third-order valence-electron chi connectivity index (χ3n) is 7.41. The number of benzene rings is 1. The Hall–Kier alpha value is -1.62. The van der Waals surface area contributed by atoms with Crippen LogP contribution in [0.5, 0.6) is 5.75 Å². The number of ether oxygens (including phenoxy) is 1. The van der Waals surface area contributed by atoms with Crippen LogP contribution in [0.3, 0.4) is 0 Å². The molecule has 2 aliphatic heterocycles. The van der Waals surface area contributed by atoms with E-state index in [0.29, 0.717) is 37.9 Å². The lowest BCUT2D eigenvalue weighted by atomic mass is 10.1. The zero-order valence-electron chi connectivity index (χ0n) is 22.0. The Kier molecular flexibility index (Phi) is 8.38. The summed E-state index contributed by atoms with van der Waals surface area (Å²) in [5, 5.41) is 0.970. The number of nitrogens with zero attached hydrogens (tertiary/aromatic N) is 4. The molecule has 200 valence electrons. The summed E-state index contributed by atoms with van der Waals surface area (Å²) >= 11 is 3.71. The fourth-order valence-corrected chi connectivity index (χ4v) is 6.75. The lowest BCUT2D eigenvalue weighted by molar-refractivity contribution is 0.0686. The molecule has 4 rings (SSSR count). The fraction of sp³-hybridized carbons (Fsp3) is 0.654. The number of fused-ring (bicyclic) bond motifs is 1. The average Bonchev–Trinajstić information content (AvgIpc) is 3.22. The van der Waals surface area contributed by atoms with Gasteiger partial charge in [-0.3, -0.25) is 4.79 Å². The number of aromatic nitrogens is 1. The first-order chi connectivity index (χ1) is 17.0. The molecule has 0 atom stereocenters. The predicted molar refractivity (Wildman–Crippen MR) is 147 cm³/mol. The first-order valence-corrected chi connectivity index (χ1v) is 15.4. The van der Waals surface area contributed by atoms with Gasteiger partial charge in [0, 0.05) is 56.7 Å². The molecule has 10 heteroatoms. The molecular weight excluding hydrogens is 544 g/mol. The van der Waals surface area contributed by atoms with Gasteiger partial charge in [0.2, 0.25) is 10.0 Å². The second kappa shape index (κ2) is 11.0. The van der Waals surface area contributed by atoms with Crippen LogP contribution in [0.25, 0.3) is 10.9 Å². The van der Waals surface area contributed by atoms with Gasteiger partial charge < -0.3 is 19.1 Å². The molecule has 1 aromatic carbocycles. The van der Waals surface area contributed by atoms with Crippen LogP contribution in [0.4, 0.5) is 0 Å². The van der Waals surface area contributed by atoms with Crippen LogP contribution in [0, 0.1) is 0 Å². The lowest BCUT2D eigenvalue weighted by Gasteiger charge is -2.34. The summed E-state index contributed by atoms with van der Waals surface area (Å²) in [6.07, 6.45) is 2.18. The highest BCUT2D eigenvalue weighted by Crippen LogP contribution is 2.36. The van der Waals surface area contributed by atoms with Gasteiger partial charge in [0.05, 0.1) is 15.7 Å². The van der Waals surface area contributed by atoms with Gasteiger partial charge in [-0.25, -0.2) is 8.42 Å². The molecule has 0 saturated carbocycles. The van der Waals surface area contributed by atoms with E-state index in [0.717, 1.165) is 47.1 Å². The summed E-state index contributed by atoms with van der Waals surface area (Å²) in [7, 11) is -3.24. The van der Waals surface area contributed by atoms with Gasteiger partial charge in [-0.15, -0.1) is 0 Å². The van der Waals surface area contributed by atoms with Crippen molar-refractivity contribution in [3.05, 3.63) is 28.4 Å². The number of hydrogen-bond donors (Lipinski definition) is 0. The third kappa shape index (κ3) is 5.61. The maximum Gasteiger partial charge on any atom is 0.270 e. The minimum Gasteiger partial charge on any atom is -0.489 e. The number of hydrogen-bond acceptors (Lipinski definition) is 5. The Morgan fingerprint density at radius 1 is 1.00 bits per heavy atom. The van der Waals surface area contributed by atoms with Crippen molar-refractivity contribution in [3.8, 4) is 5.75 Å². The van der Waals surface area contributed by atoms with E-state index in [1.54, 1.807) is 11.8 Å². The van der Waals surface area contributed by atoms with Gasteiger partial charge in [-0.05, 0) is 81.6 Å². The number of piperazine rings is 1. The number of halogens is 1. The first-order valence-electron chi connectivity index (χ1n) is 13.0. The van der Waals surface area contributed by atoms with Crippen LogP contribution in [0.1, 0.15) is 64.0 Å². The normalized spacial score (nSPS) is 19.1. The van der Waals surface area contributed by atoms with Crippen LogP contribution in [0.2, 0.25) is 0 Å². The maximum atomic E-state index is 13.6. The topological polar surface area (TPSA) is 75.1 Å². The Morgan fingerprint density at radius 2 is 1.64 bits per heavy atom. The molecule has 0 radical (unpaired) electrons. The lowest BCUT2D eigenvalue weighted by Crippen LogP contribution is -2.51. The third-order valence-corrected chi connectivity index (χ3v) is 9.91. The SMILES string of the molecule is CCS(=O)(=O)N1CCN(C(=O)c2cc3cc(OC4CCN(C(C)C)CC4)c(Br)cc3n2C(C)C)CC1. The van der Waals surface area contributed by atoms with Crippen molar-refractivity contribution in [1.82, 2.24) is 18.7 Å². The van der Waals surface area contributed by atoms with Gasteiger partial charge in [0.25, 0.3) is 5.91 Å². The fourth-order valence-electron chi connectivity index (χ4n) is 5.24. The Labute approximate surface area is 223 Å². The zero-order valence-corrected chi connectivity index (χ0v) is 24.4. The Balaban J connectivity index is 1.55. The van der Waals surface area contributed by atoms with Crippen molar-refractivity contribution < 1.29 is 17.9 Å². The van der Waals surface area contributed by atoms with Crippen molar-refractivity contribution in [2.75, 3.05) is 45.0 Å². The van der Waals surface area contributed by atoms with E-state index in [9.17, 15) is 13.2 Å². The number of piperidine rings is 1. The summed E-state index contributed by atoms with van der Waals surface area (Å²) in [6.45, 7) is 13.8. The highest BCUT2D eigenvalue weighted by atomic mass is 79.9. The number of carbonyl (C=O) groups is 1. The van der Waals surface area contributed by atoms with E-state index < -0.39 is 10.0 Å². The van der Waals surface area contributed by atoms with Gasteiger partial charge in [0.1, 0.15) is 17.5 Å². The van der Waals surface area contributed by atoms with Crippen LogP contribution in [-0.2, 0) is 10.0 Å². The van der Waals surface area contributed by atoms with Gasteiger partial charge in [-0.1, -0.05) is 0 Å². The molecule has 2 fully saturated rings. The van der Waals surface area contributed by atoms with Crippen LogP contribution in [0.15, 0.2) is 22.7 Å². The van der Waals surface area contributed by atoms with E-state index in [1.165, 1.54) is 4.31 Å². The van der Waals surface area contributed by atoms with Crippen molar-refractivity contribution in [2.24, 2.45) is 0 Å². The number of amides is 1. The number of likely N-dealkylation sites (tertiary alicyclic amines) is 1. The summed E-state index contributed by atoms with van der Waals surface area (Å²) in [5.41, 5.74) is 1.61. The van der Waals surface area contributed by atoms with Gasteiger partial charge >= 0.3 is 0 Å². The molecule has 0 aliphatic carbocycles. The minimum absolute atomic E-state index is 0.0619. The molecule has 1 amide bonds. The summed E-state index contributed by atoms with van der Waals surface area (Å²) in [5.74, 6) is 0.829. The summed E-state index contributed by atoms with van der Waals surface area (Å²) < 4.78 is 35.3. The molecule has 2 saturated heterocycles. The quantitative estimate of drug-likeness (QED) is 0.485. The predicted octanol–water partition coefficient (Wildman–Crippen LogP) is 4.34. The Bertz CT molecular complexity index is 1190. The molecule has 3 heterocycles. The molecule has 0 N–H and O–H groups in total. The highest BCUT2D eigenvalue weighted by Gasteiger charge is 2.30. The van der Waals surface area contributed by atoms with Crippen molar-refractivity contribution in [3.63, 3.8) is 0 Å². The smallest absolute Gasteiger partial charge is 0.270 e. The molecule has 0 spiro atoms. The molecule has 0 unspecified atom stereocenters. The maximum absolute atomic E-state index is 13.6. The minimum atomic E-state index is -3.24. The van der Waals surface area contributed by atoms with Crippen molar-refractivity contribution in [2.45, 2.75) is 65.6 Å². The standard InChI is InChI=1S/C26H39BrN4O4S/c1-6-36(33,34)30-13-11-29(12-14-30)26(32)24-15-20-16-25(22(27)17-23(20)31(24)19(4)5)35-21-7-9-28(10-8-21)18(2)3/h15-19,21H,6-14H2,1-5H3. The van der Waals surface area contributed by atoms with Crippen molar-refractivity contribution >= 4 is 42.8 Å². The number of carbonyl (C=O) groups excluding carboxylic acids is 1. The van der Waals surface area contributed by atoms with E-state index in [4.69, 9.17) is 4.74 Å². The largest absolute Gasteiger partial charge is 0.489 e. The van der Waals surface area contributed by atoms with Crippen LogP contribution in [-0.4, -0.2) is 90.2 Å². The van der Waals surface area contributed by atoms with E-state index >= 15 is 0 Å². The highest BCUT2D eigenvalue weighted by molar-refractivity contribution is 9.10. The van der Waals surface area contributed by atoms with E-state index in [-0.39, 0.29) is 23.8 Å². The van der Waals surface area contributed by atoms with E-state index in [2.05, 4.69) is 59.2 Å². The van der Waals surface area contributed by atoms with Crippen LogP contribution < -0.4 is 4.74 Å². The monoisotopic (exact) mass is 582 g/mol. The molecule has 2 aromatic rings. The summed E-state index contributed by atoms with van der Waals surface area (Å²) in [6, 6.07) is 6.68. The van der Waals surface area contributed by atoms with Crippen molar-refractivity contribution in [1.29, 1.82) is 0 Å². The second-order valence-corrected chi connectivity index (χ2v) is 13.5. The summed E-state index contributed by atoms with van der Waals surface area (Å²) in [4.78, 5) is 17.8. The number of rotatable bonds is 7. The van der Waals surface area contributed by atoms with Gasteiger partial charge in [-0.2, -0.15) is 4.31 Å². The van der Waals surface area contributed by atoms with Crippen LogP contribution >= 0.6 is 15.9 Å². The average molecular weight is 584 g/mol. The molecular formula is C26H39BrN4O4S. The van der Waals surface area contributed by atoms with Gasteiger partial charge in [0.15, 0.2) is 0 Å². The molecule has 8 nitrogen and oxygen atoms in total. The Morgan fingerprint density at radius 3 is 2.19 bits per heavy atom. The molecule has 36 heavy (non-hydrogen) atoms. The number of sulfonamides is 1. The van der Waals surface area contributed by atoms with E-state index in [1.807, 2.05) is 12.1 Å². The molecule has 1 aromatic heterocycles. The molecule has 0 bridgehead atoms. The first kappa shape index (κ1) is 27.4. The molecule has 2 aliphatic rings.